The Morgan fingerprint density at radius 2 is 1.62 bits per heavy atom. The molecular weight excluding hydrogens is 541 g/mol. The fourth-order valence-corrected chi connectivity index (χ4v) is 5.24. The monoisotopic (exact) mass is 570 g/mol. The Balaban J connectivity index is 1.37. The zero-order valence-corrected chi connectivity index (χ0v) is 23.3. The van der Waals surface area contributed by atoms with E-state index in [0.29, 0.717) is 23.2 Å². The summed E-state index contributed by atoms with van der Waals surface area (Å²) in [6.45, 7) is 6.24. The number of hydrogen-bond donors (Lipinski definition) is 2. The maximum absolute atomic E-state index is 13.1. The van der Waals surface area contributed by atoms with E-state index in [0.717, 1.165) is 45.4 Å². The molecule has 0 aliphatic heterocycles. The molecule has 0 aliphatic carbocycles. The van der Waals surface area contributed by atoms with Gasteiger partial charge in [-0.3, -0.25) is 4.79 Å². The molecule has 5 aromatic rings. The van der Waals surface area contributed by atoms with Crippen LogP contribution in [0.25, 0.3) is 22.0 Å². The number of rotatable bonds is 7. The third kappa shape index (κ3) is 5.65. The van der Waals surface area contributed by atoms with E-state index in [1.54, 1.807) is 37.3 Å². The summed E-state index contributed by atoms with van der Waals surface area (Å²) in [7, 11) is 0. The first-order chi connectivity index (χ1) is 19.9. The molecule has 1 unspecified atom stereocenters. The van der Waals surface area contributed by atoms with E-state index in [4.69, 9.17) is 0 Å². The quantitative estimate of drug-likeness (QED) is 0.207. The second-order valence-electron chi connectivity index (χ2n) is 10.4. The van der Waals surface area contributed by atoms with Gasteiger partial charge in [-0.1, -0.05) is 54.6 Å². The lowest BCUT2D eigenvalue weighted by atomic mass is 9.99. The lowest BCUT2D eigenvalue weighted by molar-refractivity contribution is -0.137. The molecule has 0 radical (unpaired) electrons. The zero-order chi connectivity index (χ0) is 30.2. The fourth-order valence-electron chi connectivity index (χ4n) is 5.24. The number of hydrogen-bond acceptors (Lipinski definition) is 2. The van der Waals surface area contributed by atoms with Crippen LogP contribution in [-0.4, -0.2) is 21.6 Å². The average Bonchev–Trinajstić information content (AvgIpc) is 3.21. The first-order valence-electron chi connectivity index (χ1n) is 13.4. The summed E-state index contributed by atoms with van der Waals surface area (Å²) in [5.74, 6) is -1.35. The molecule has 1 amide bonds. The van der Waals surface area contributed by atoms with Gasteiger partial charge in [0.15, 0.2) is 0 Å². The Morgan fingerprint density at radius 3 is 2.31 bits per heavy atom. The summed E-state index contributed by atoms with van der Waals surface area (Å²) in [6.07, 6.45) is -4.46. The highest BCUT2D eigenvalue weighted by Gasteiger charge is 2.31. The molecule has 0 saturated carbocycles. The SMILES string of the molecule is Cc1c(C)n(Cc2ccc(-c3ccccc3C(=O)O)cc2)c2ccc(C(=O)NC(C)c3cccc(C(F)(F)F)c3)cc12. The molecule has 2 N–H and O–H groups in total. The summed E-state index contributed by atoms with van der Waals surface area (Å²) in [5.41, 5.74) is 5.80. The Bertz CT molecular complexity index is 1800. The highest BCUT2D eigenvalue weighted by molar-refractivity contribution is 5.99. The van der Waals surface area contributed by atoms with Gasteiger partial charge in [0, 0.05) is 28.7 Å². The molecule has 1 heterocycles. The number of carbonyl (C=O) groups excluding carboxylic acids is 1. The highest BCUT2D eigenvalue weighted by Crippen LogP contribution is 2.32. The van der Waals surface area contributed by atoms with Crippen molar-refractivity contribution in [1.82, 2.24) is 9.88 Å². The second kappa shape index (κ2) is 11.2. The Morgan fingerprint density at radius 1 is 0.905 bits per heavy atom. The summed E-state index contributed by atoms with van der Waals surface area (Å²) in [4.78, 5) is 24.7. The minimum Gasteiger partial charge on any atom is -0.478 e. The molecule has 0 fully saturated rings. The molecule has 0 spiro atoms. The van der Waals surface area contributed by atoms with Crippen LogP contribution in [0.3, 0.4) is 0 Å². The van der Waals surface area contributed by atoms with E-state index in [1.165, 1.54) is 6.07 Å². The number of amides is 1. The van der Waals surface area contributed by atoms with E-state index >= 15 is 0 Å². The molecule has 1 atom stereocenters. The van der Waals surface area contributed by atoms with Crippen molar-refractivity contribution in [1.29, 1.82) is 0 Å². The van der Waals surface area contributed by atoms with Gasteiger partial charge in [0.25, 0.3) is 5.91 Å². The molecule has 0 aliphatic rings. The van der Waals surface area contributed by atoms with Crippen LogP contribution in [0.2, 0.25) is 0 Å². The molecule has 1 aromatic heterocycles. The number of aromatic nitrogens is 1. The fraction of sp³-hybridized carbons (Fsp3) is 0.176. The number of nitrogens with one attached hydrogen (secondary N) is 1. The third-order valence-electron chi connectivity index (χ3n) is 7.73. The number of nitrogens with zero attached hydrogens (tertiary/aromatic N) is 1. The second-order valence-corrected chi connectivity index (χ2v) is 10.4. The summed E-state index contributed by atoms with van der Waals surface area (Å²) in [6, 6.07) is 24.5. The minimum atomic E-state index is -4.46. The largest absolute Gasteiger partial charge is 0.478 e. The van der Waals surface area contributed by atoms with Crippen molar-refractivity contribution >= 4 is 22.8 Å². The predicted octanol–water partition coefficient (Wildman–Crippen LogP) is 8.18. The van der Waals surface area contributed by atoms with E-state index in [1.807, 2.05) is 56.3 Å². The van der Waals surface area contributed by atoms with Crippen molar-refractivity contribution in [3.8, 4) is 11.1 Å². The van der Waals surface area contributed by atoms with E-state index in [-0.39, 0.29) is 11.5 Å². The van der Waals surface area contributed by atoms with Gasteiger partial charge in [-0.05, 0) is 85.0 Å². The maximum atomic E-state index is 13.1. The van der Waals surface area contributed by atoms with E-state index < -0.39 is 23.8 Å². The number of aromatic carboxylic acids is 1. The number of benzene rings is 4. The van der Waals surface area contributed by atoms with Gasteiger partial charge in [0.05, 0.1) is 17.2 Å². The predicted molar refractivity (Wildman–Crippen MR) is 157 cm³/mol. The van der Waals surface area contributed by atoms with Gasteiger partial charge in [-0.25, -0.2) is 4.79 Å². The average molecular weight is 571 g/mol. The third-order valence-corrected chi connectivity index (χ3v) is 7.73. The number of alkyl halides is 3. The van der Waals surface area contributed by atoms with Crippen LogP contribution >= 0.6 is 0 Å². The highest BCUT2D eigenvalue weighted by atomic mass is 19.4. The first kappa shape index (κ1) is 28.7. The number of carboxylic acid groups (broad SMARTS) is 1. The molecule has 42 heavy (non-hydrogen) atoms. The number of halogens is 3. The number of carboxylic acids is 1. The lowest BCUT2D eigenvalue weighted by Crippen LogP contribution is -2.26. The van der Waals surface area contributed by atoms with Crippen molar-refractivity contribution in [2.45, 2.75) is 39.5 Å². The minimum absolute atomic E-state index is 0.247. The summed E-state index contributed by atoms with van der Waals surface area (Å²) >= 11 is 0. The summed E-state index contributed by atoms with van der Waals surface area (Å²) in [5, 5.41) is 13.3. The van der Waals surface area contributed by atoms with Crippen LogP contribution in [0.4, 0.5) is 13.2 Å². The Kier molecular flexibility index (Phi) is 7.65. The molecule has 0 bridgehead atoms. The number of carbonyl (C=O) groups is 2. The van der Waals surface area contributed by atoms with Crippen molar-refractivity contribution in [3.05, 3.63) is 130 Å². The van der Waals surface area contributed by atoms with Gasteiger partial charge >= 0.3 is 12.1 Å². The standard InChI is InChI=1S/C34H29F3N2O3/c1-20-22(3)39(19-23-11-13-24(14-12-23)28-9-4-5-10-29(28)33(41)42)31-16-15-26(18-30(20)31)32(40)38-21(2)25-7-6-8-27(17-25)34(35,36)37/h4-18,21H,19H2,1-3H3,(H,38,40)(H,41,42). The summed E-state index contributed by atoms with van der Waals surface area (Å²) < 4.78 is 41.6. The van der Waals surface area contributed by atoms with E-state index in [2.05, 4.69) is 9.88 Å². The van der Waals surface area contributed by atoms with Gasteiger partial charge in [-0.15, -0.1) is 0 Å². The molecule has 5 rings (SSSR count). The van der Waals surface area contributed by atoms with Gasteiger partial charge < -0.3 is 15.0 Å². The van der Waals surface area contributed by atoms with Crippen molar-refractivity contribution in [2.75, 3.05) is 0 Å². The van der Waals surface area contributed by atoms with Crippen LogP contribution in [0.1, 0.15) is 61.6 Å². The maximum Gasteiger partial charge on any atom is 0.416 e. The number of aryl methyl sites for hydroxylation is 1. The van der Waals surface area contributed by atoms with Crippen molar-refractivity contribution < 1.29 is 27.9 Å². The Hall–Kier alpha value is -4.85. The van der Waals surface area contributed by atoms with Crippen LogP contribution in [0.15, 0.2) is 91.0 Å². The molecule has 214 valence electrons. The lowest BCUT2D eigenvalue weighted by Gasteiger charge is -2.16. The number of fused-ring (bicyclic) bond motifs is 1. The van der Waals surface area contributed by atoms with E-state index in [9.17, 15) is 27.9 Å². The van der Waals surface area contributed by atoms with Crippen LogP contribution in [0, 0.1) is 13.8 Å². The van der Waals surface area contributed by atoms with Crippen LogP contribution in [0.5, 0.6) is 0 Å². The van der Waals surface area contributed by atoms with Gasteiger partial charge in [-0.2, -0.15) is 13.2 Å². The Labute approximate surface area is 241 Å². The molecule has 4 aromatic carbocycles. The molecule has 5 nitrogen and oxygen atoms in total. The molecule has 8 heteroatoms. The normalized spacial score (nSPS) is 12.3. The van der Waals surface area contributed by atoms with Gasteiger partial charge in [0.1, 0.15) is 0 Å². The smallest absolute Gasteiger partial charge is 0.416 e. The topological polar surface area (TPSA) is 71.3 Å². The van der Waals surface area contributed by atoms with Crippen LogP contribution in [-0.2, 0) is 12.7 Å². The zero-order valence-electron chi connectivity index (χ0n) is 23.3. The first-order valence-corrected chi connectivity index (χ1v) is 13.4. The van der Waals surface area contributed by atoms with Gasteiger partial charge in [0.2, 0.25) is 0 Å². The van der Waals surface area contributed by atoms with Crippen molar-refractivity contribution in [3.63, 3.8) is 0 Å². The van der Waals surface area contributed by atoms with Crippen molar-refractivity contribution in [2.24, 2.45) is 0 Å². The molecule has 0 saturated heterocycles. The van der Waals surface area contributed by atoms with Crippen LogP contribution < -0.4 is 5.32 Å². The molecular formula is C34H29F3N2O3.